The fraction of sp³-hybridized carbons (Fsp3) is 0.625. The smallest absolute Gasteiger partial charge is 0.0762 e. The van der Waals surface area contributed by atoms with E-state index in [0.717, 1.165) is 35.0 Å². The Morgan fingerprint density at radius 2 is 1.84 bits per heavy atom. The lowest BCUT2D eigenvalue weighted by Gasteiger charge is -2.36. The molecule has 2 nitrogen and oxygen atoms in total. The molecule has 1 atom stereocenters. The van der Waals surface area contributed by atoms with Crippen molar-refractivity contribution in [3.63, 3.8) is 0 Å². The first-order chi connectivity index (χ1) is 8.99. The van der Waals surface area contributed by atoms with Crippen LogP contribution in [0.3, 0.4) is 0 Å². The van der Waals surface area contributed by atoms with E-state index in [9.17, 15) is 5.11 Å². The molecule has 1 aromatic carbocycles. The minimum Gasteiger partial charge on any atom is -0.389 e. The second-order valence-electron chi connectivity index (χ2n) is 5.96. The molecule has 0 saturated carbocycles. The molecular formula is C16H24BrNO. The normalized spacial score (nSPS) is 18.9. The number of hydrogen-bond acceptors (Lipinski definition) is 2. The fourth-order valence-electron chi connectivity index (χ4n) is 2.85. The Labute approximate surface area is 124 Å². The van der Waals surface area contributed by atoms with E-state index < -0.39 is 6.10 Å². The third kappa shape index (κ3) is 3.51. The average Bonchev–Trinajstić information content (AvgIpc) is 2.38. The second-order valence-corrected chi connectivity index (χ2v) is 6.81. The summed E-state index contributed by atoms with van der Waals surface area (Å²) in [5.41, 5.74) is 2.22. The average molecular weight is 326 g/mol. The van der Waals surface area contributed by atoms with Gasteiger partial charge in [-0.2, -0.15) is 0 Å². The van der Waals surface area contributed by atoms with Gasteiger partial charge in [-0.25, -0.2) is 0 Å². The number of hydrogen-bond donors (Lipinski definition) is 1. The van der Waals surface area contributed by atoms with Crippen LogP contribution in [-0.2, 0) is 0 Å². The van der Waals surface area contributed by atoms with E-state index >= 15 is 0 Å². The molecule has 0 aliphatic carbocycles. The zero-order valence-electron chi connectivity index (χ0n) is 12.1. The number of nitrogens with zero attached hydrogens (tertiary/aromatic N) is 1. The van der Waals surface area contributed by atoms with Crippen molar-refractivity contribution in [1.29, 1.82) is 0 Å². The highest BCUT2D eigenvalue weighted by molar-refractivity contribution is 9.10. The summed E-state index contributed by atoms with van der Waals surface area (Å²) in [6, 6.07) is 6.19. The summed E-state index contributed by atoms with van der Waals surface area (Å²) in [7, 11) is 0. The Balaban J connectivity index is 2.07. The Morgan fingerprint density at radius 3 is 2.32 bits per heavy atom. The Bertz CT molecular complexity index is 423. The van der Waals surface area contributed by atoms with Crippen molar-refractivity contribution in [2.45, 2.75) is 39.7 Å². The molecule has 1 aromatic rings. The van der Waals surface area contributed by atoms with Gasteiger partial charge in [-0.05, 0) is 65.2 Å². The number of aliphatic hydroxyl groups is 1. The first-order valence-electron chi connectivity index (χ1n) is 7.21. The van der Waals surface area contributed by atoms with Crippen LogP contribution in [0.15, 0.2) is 22.7 Å². The van der Waals surface area contributed by atoms with Crippen LogP contribution in [0.2, 0.25) is 0 Å². The predicted octanol–water partition coefficient (Wildman–Crippen LogP) is 4.37. The van der Waals surface area contributed by atoms with Gasteiger partial charge >= 0.3 is 0 Å². The molecule has 0 amide bonds. The fourth-order valence-corrected chi connectivity index (χ4v) is 3.49. The van der Waals surface area contributed by atoms with Crippen LogP contribution in [0.4, 0.5) is 5.69 Å². The van der Waals surface area contributed by atoms with Crippen molar-refractivity contribution < 1.29 is 5.11 Å². The van der Waals surface area contributed by atoms with Crippen LogP contribution < -0.4 is 4.90 Å². The molecule has 0 aromatic heterocycles. The molecule has 0 radical (unpaired) electrons. The van der Waals surface area contributed by atoms with Gasteiger partial charge in [-0.1, -0.05) is 19.9 Å². The molecule has 19 heavy (non-hydrogen) atoms. The summed E-state index contributed by atoms with van der Waals surface area (Å²) in [5, 5.41) is 9.61. The highest BCUT2D eigenvalue weighted by Crippen LogP contribution is 2.33. The third-order valence-corrected chi connectivity index (χ3v) is 4.91. The van der Waals surface area contributed by atoms with Crippen LogP contribution in [0.25, 0.3) is 0 Å². The first kappa shape index (κ1) is 14.9. The van der Waals surface area contributed by atoms with Gasteiger partial charge in [0, 0.05) is 17.6 Å². The van der Waals surface area contributed by atoms with Crippen LogP contribution in [0, 0.1) is 11.8 Å². The summed E-state index contributed by atoms with van der Waals surface area (Å²) in [4.78, 5) is 2.45. The van der Waals surface area contributed by atoms with Gasteiger partial charge in [0.05, 0.1) is 11.8 Å². The summed E-state index contributed by atoms with van der Waals surface area (Å²) in [6.07, 6.45) is 2.15. The van der Waals surface area contributed by atoms with Crippen molar-refractivity contribution in [2.24, 2.45) is 11.8 Å². The Morgan fingerprint density at radius 1 is 1.21 bits per heavy atom. The van der Waals surface area contributed by atoms with Crippen molar-refractivity contribution in [2.75, 3.05) is 18.0 Å². The molecule has 0 spiro atoms. The molecule has 3 heteroatoms. The molecule has 1 N–H and O–H groups in total. The molecule has 106 valence electrons. The van der Waals surface area contributed by atoms with Crippen molar-refractivity contribution in [3.05, 3.63) is 28.2 Å². The predicted molar refractivity (Wildman–Crippen MR) is 84.6 cm³/mol. The SMILES string of the molecule is CC(O)c1ccc(N2CCC(C(C)C)CC2)c(Br)c1. The van der Waals surface area contributed by atoms with Crippen LogP contribution >= 0.6 is 15.9 Å². The molecule has 1 aliphatic heterocycles. The van der Waals surface area contributed by atoms with Gasteiger partial charge < -0.3 is 10.0 Å². The number of rotatable bonds is 3. The van der Waals surface area contributed by atoms with Crippen LogP contribution in [-0.4, -0.2) is 18.2 Å². The van der Waals surface area contributed by atoms with Gasteiger partial charge in [0.15, 0.2) is 0 Å². The number of halogens is 1. The summed E-state index contributed by atoms with van der Waals surface area (Å²) >= 11 is 3.64. The largest absolute Gasteiger partial charge is 0.389 e. The highest BCUT2D eigenvalue weighted by atomic mass is 79.9. The maximum absolute atomic E-state index is 9.61. The molecule has 1 heterocycles. The zero-order valence-corrected chi connectivity index (χ0v) is 13.7. The van der Waals surface area contributed by atoms with E-state index in [1.165, 1.54) is 18.5 Å². The van der Waals surface area contributed by atoms with Crippen LogP contribution in [0.5, 0.6) is 0 Å². The zero-order chi connectivity index (χ0) is 14.0. The number of piperidine rings is 1. The molecule has 0 bridgehead atoms. The molecular weight excluding hydrogens is 302 g/mol. The van der Waals surface area contributed by atoms with Gasteiger partial charge in [-0.3, -0.25) is 0 Å². The Kier molecular flexibility index (Phi) is 4.91. The lowest BCUT2D eigenvalue weighted by Crippen LogP contribution is -2.35. The first-order valence-corrected chi connectivity index (χ1v) is 8.00. The summed E-state index contributed by atoms with van der Waals surface area (Å²) in [5.74, 6) is 1.66. The number of aliphatic hydroxyl groups excluding tert-OH is 1. The van der Waals surface area contributed by atoms with Crippen LogP contribution in [0.1, 0.15) is 45.3 Å². The van der Waals surface area contributed by atoms with E-state index in [0.29, 0.717) is 0 Å². The third-order valence-electron chi connectivity index (χ3n) is 4.28. The van der Waals surface area contributed by atoms with Gasteiger partial charge in [0.2, 0.25) is 0 Å². The molecule has 1 saturated heterocycles. The molecule has 1 unspecified atom stereocenters. The molecule has 1 fully saturated rings. The van der Waals surface area contributed by atoms with Crippen molar-refractivity contribution in [3.8, 4) is 0 Å². The number of benzene rings is 1. The van der Waals surface area contributed by atoms with Gasteiger partial charge in [0.1, 0.15) is 0 Å². The Hall–Kier alpha value is -0.540. The van der Waals surface area contributed by atoms with E-state index in [1.807, 2.05) is 12.1 Å². The van der Waals surface area contributed by atoms with Gasteiger partial charge in [0.25, 0.3) is 0 Å². The maximum Gasteiger partial charge on any atom is 0.0762 e. The minimum atomic E-state index is -0.406. The molecule has 1 aliphatic rings. The maximum atomic E-state index is 9.61. The minimum absolute atomic E-state index is 0.406. The summed E-state index contributed by atoms with van der Waals surface area (Å²) in [6.45, 7) is 8.72. The standard InChI is InChI=1S/C16H24BrNO/c1-11(2)13-6-8-18(9-7-13)16-5-4-14(12(3)19)10-15(16)17/h4-5,10-13,19H,6-9H2,1-3H3. The summed E-state index contributed by atoms with van der Waals surface area (Å²) < 4.78 is 1.09. The van der Waals surface area contributed by atoms with E-state index in [4.69, 9.17) is 0 Å². The number of anilines is 1. The van der Waals surface area contributed by atoms with Gasteiger partial charge in [-0.15, -0.1) is 0 Å². The van der Waals surface area contributed by atoms with Crippen molar-refractivity contribution in [1.82, 2.24) is 0 Å². The molecule has 2 rings (SSSR count). The quantitative estimate of drug-likeness (QED) is 0.891. The lowest BCUT2D eigenvalue weighted by atomic mass is 9.86. The van der Waals surface area contributed by atoms with E-state index in [2.05, 4.69) is 40.7 Å². The highest BCUT2D eigenvalue weighted by Gasteiger charge is 2.22. The topological polar surface area (TPSA) is 23.5 Å². The second kappa shape index (κ2) is 6.27. The monoisotopic (exact) mass is 325 g/mol. The lowest BCUT2D eigenvalue weighted by molar-refractivity contribution is 0.199. The van der Waals surface area contributed by atoms with E-state index in [1.54, 1.807) is 6.92 Å². The van der Waals surface area contributed by atoms with Crippen molar-refractivity contribution >= 4 is 21.6 Å². The van der Waals surface area contributed by atoms with E-state index in [-0.39, 0.29) is 0 Å².